The second-order valence-electron chi connectivity index (χ2n) is 4.22. The van der Waals surface area contributed by atoms with Crippen molar-refractivity contribution < 1.29 is 18.9 Å². The van der Waals surface area contributed by atoms with E-state index in [0.717, 1.165) is 18.2 Å². The molecule has 2 amide bonds. The molecule has 2 rings (SSSR count). The van der Waals surface area contributed by atoms with Gasteiger partial charge in [-0.2, -0.15) is 5.26 Å². The highest BCUT2D eigenvalue weighted by atomic mass is 19.1. The van der Waals surface area contributed by atoms with Crippen molar-refractivity contribution in [1.29, 1.82) is 5.26 Å². The first-order valence-corrected chi connectivity index (χ1v) is 5.63. The van der Waals surface area contributed by atoms with Crippen molar-refractivity contribution in [2.75, 3.05) is 4.90 Å². The van der Waals surface area contributed by atoms with Crippen LogP contribution in [0.4, 0.5) is 15.8 Å². The lowest BCUT2D eigenvalue weighted by atomic mass is 10.1. The van der Waals surface area contributed by atoms with E-state index in [0.29, 0.717) is 4.90 Å². The van der Waals surface area contributed by atoms with E-state index in [1.54, 1.807) is 6.07 Å². The average molecular weight is 277 g/mol. The fourth-order valence-electron chi connectivity index (χ4n) is 2.00. The van der Waals surface area contributed by atoms with Crippen LogP contribution in [0.1, 0.15) is 12.8 Å². The first-order chi connectivity index (χ1) is 9.45. The summed E-state index contributed by atoms with van der Waals surface area (Å²) >= 11 is 0. The van der Waals surface area contributed by atoms with E-state index in [2.05, 4.69) is 0 Å². The smallest absolute Gasteiger partial charge is 0.271 e. The van der Waals surface area contributed by atoms with Gasteiger partial charge in [0.15, 0.2) is 0 Å². The summed E-state index contributed by atoms with van der Waals surface area (Å²) in [6, 6.07) is 4.37. The number of non-ortho nitro benzene ring substituents is 1. The topological polar surface area (TPSA) is 104 Å². The Morgan fingerprint density at radius 3 is 2.80 bits per heavy atom. The zero-order chi connectivity index (χ0) is 14.9. The van der Waals surface area contributed by atoms with Crippen molar-refractivity contribution in [2.45, 2.75) is 12.8 Å². The van der Waals surface area contributed by atoms with Crippen LogP contribution in [0.2, 0.25) is 0 Å². The van der Waals surface area contributed by atoms with Gasteiger partial charge in [0.1, 0.15) is 5.82 Å². The van der Waals surface area contributed by atoms with Crippen molar-refractivity contribution >= 4 is 23.2 Å². The van der Waals surface area contributed by atoms with Gasteiger partial charge in [0.25, 0.3) is 5.69 Å². The summed E-state index contributed by atoms with van der Waals surface area (Å²) < 4.78 is 13.7. The largest absolute Gasteiger partial charge is 0.274 e. The fourth-order valence-corrected chi connectivity index (χ4v) is 2.00. The molecule has 1 aliphatic rings. The molecule has 20 heavy (non-hydrogen) atoms. The van der Waals surface area contributed by atoms with E-state index >= 15 is 0 Å². The number of nitro benzene ring substituents is 1. The second kappa shape index (κ2) is 5.05. The van der Waals surface area contributed by atoms with Crippen LogP contribution in [0.5, 0.6) is 0 Å². The van der Waals surface area contributed by atoms with Crippen LogP contribution < -0.4 is 4.90 Å². The lowest BCUT2D eigenvalue weighted by molar-refractivity contribution is -0.384. The number of halogens is 1. The number of hydrogen-bond donors (Lipinski definition) is 0. The molecule has 1 atom stereocenters. The summed E-state index contributed by atoms with van der Waals surface area (Å²) in [5.74, 6) is -3.12. The average Bonchev–Trinajstić information content (AvgIpc) is 2.66. The fraction of sp³-hybridized carbons (Fsp3) is 0.250. The number of nitriles is 1. The van der Waals surface area contributed by atoms with Crippen LogP contribution in [0.15, 0.2) is 18.2 Å². The Kier molecular flexibility index (Phi) is 3.43. The quantitative estimate of drug-likeness (QED) is 0.473. The molecule has 1 aliphatic heterocycles. The maximum atomic E-state index is 13.7. The number of benzene rings is 1. The summed E-state index contributed by atoms with van der Waals surface area (Å²) in [5, 5.41) is 19.2. The summed E-state index contributed by atoms with van der Waals surface area (Å²) in [4.78, 5) is 34.2. The second-order valence-corrected chi connectivity index (χ2v) is 4.22. The molecule has 7 nitrogen and oxygen atoms in total. The highest BCUT2D eigenvalue weighted by molar-refractivity contribution is 6.21. The molecule has 8 heteroatoms. The monoisotopic (exact) mass is 277 g/mol. The van der Waals surface area contributed by atoms with Crippen LogP contribution in [0, 0.1) is 33.2 Å². The molecule has 1 saturated heterocycles. The van der Waals surface area contributed by atoms with Crippen LogP contribution in [-0.2, 0) is 9.59 Å². The molecule has 0 saturated carbocycles. The third kappa shape index (κ3) is 2.21. The number of hydrogen-bond acceptors (Lipinski definition) is 5. The van der Waals surface area contributed by atoms with Gasteiger partial charge in [-0.25, -0.2) is 9.29 Å². The maximum Gasteiger partial charge on any atom is 0.271 e. The predicted molar refractivity (Wildman–Crippen MR) is 63.9 cm³/mol. The van der Waals surface area contributed by atoms with Gasteiger partial charge >= 0.3 is 0 Å². The van der Waals surface area contributed by atoms with Gasteiger partial charge in [-0.1, -0.05) is 0 Å². The number of carbonyl (C=O) groups excluding carboxylic acids is 2. The van der Waals surface area contributed by atoms with Crippen molar-refractivity contribution in [3.63, 3.8) is 0 Å². The van der Waals surface area contributed by atoms with Crippen LogP contribution in [0.3, 0.4) is 0 Å². The van der Waals surface area contributed by atoms with Crippen LogP contribution in [-0.4, -0.2) is 16.7 Å². The number of nitro groups is 1. The molecule has 1 heterocycles. The maximum absolute atomic E-state index is 13.7. The number of rotatable bonds is 3. The summed E-state index contributed by atoms with van der Waals surface area (Å²) in [6.45, 7) is 0. The van der Waals surface area contributed by atoms with Crippen molar-refractivity contribution in [1.82, 2.24) is 0 Å². The Hall–Kier alpha value is -2.82. The minimum atomic E-state index is -0.907. The molecule has 0 bridgehead atoms. The highest BCUT2D eigenvalue weighted by Crippen LogP contribution is 2.32. The SMILES string of the molecule is N#CCC1CC(=O)N(c2cc([N+](=O)[O-])ccc2F)C1=O. The standard InChI is InChI=1S/C12H8FN3O4/c13-9-2-1-8(16(19)20)6-10(9)15-11(17)5-7(3-4-14)12(15)18/h1-2,6-7H,3,5H2. The third-order valence-corrected chi connectivity index (χ3v) is 2.96. The Morgan fingerprint density at radius 1 is 1.50 bits per heavy atom. The molecule has 1 fully saturated rings. The first kappa shape index (κ1) is 13.6. The van der Waals surface area contributed by atoms with Gasteiger partial charge < -0.3 is 0 Å². The minimum absolute atomic E-state index is 0.155. The van der Waals surface area contributed by atoms with Crippen molar-refractivity contribution in [3.05, 3.63) is 34.1 Å². The van der Waals surface area contributed by atoms with E-state index in [1.165, 1.54) is 0 Å². The van der Waals surface area contributed by atoms with Gasteiger partial charge in [0.05, 0.1) is 22.6 Å². The van der Waals surface area contributed by atoms with Crippen LogP contribution in [0.25, 0.3) is 0 Å². The molecule has 0 aromatic heterocycles. The van der Waals surface area contributed by atoms with E-state index in [4.69, 9.17) is 5.26 Å². The Bertz CT molecular complexity index is 653. The number of imide groups is 1. The van der Waals surface area contributed by atoms with Crippen molar-refractivity contribution in [2.24, 2.45) is 5.92 Å². The predicted octanol–water partition coefficient (Wildman–Crippen LogP) is 1.53. The van der Waals surface area contributed by atoms with Crippen LogP contribution >= 0.6 is 0 Å². The Morgan fingerprint density at radius 2 is 2.20 bits per heavy atom. The summed E-state index contributed by atoms with van der Waals surface area (Å²) in [7, 11) is 0. The number of amides is 2. The number of anilines is 1. The number of nitrogens with zero attached hydrogens (tertiary/aromatic N) is 3. The van der Waals surface area contributed by atoms with E-state index < -0.39 is 39.8 Å². The normalized spacial score (nSPS) is 18.2. The zero-order valence-corrected chi connectivity index (χ0v) is 10.1. The van der Waals surface area contributed by atoms with E-state index in [1.807, 2.05) is 0 Å². The van der Waals surface area contributed by atoms with E-state index in [-0.39, 0.29) is 12.8 Å². The highest BCUT2D eigenvalue weighted by Gasteiger charge is 2.40. The first-order valence-electron chi connectivity index (χ1n) is 5.63. The molecular formula is C12H8FN3O4. The molecule has 1 aromatic rings. The third-order valence-electron chi connectivity index (χ3n) is 2.96. The van der Waals surface area contributed by atoms with Gasteiger partial charge in [-0.05, 0) is 6.07 Å². The minimum Gasteiger partial charge on any atom is -0.274 e. The molecule has 0 radical (unpaired) electrons. The lowest BCUT2D eigenvalue weighted by Gasteiger charge is -2.15. The van der Waals surface area contributed by atoms with Gasteiger partial charge in [-0.15, -0.1) is 0 Å². The molecule has 102 valence electrons. The molecule has 1 unspecified atom stereocenters. The molecule has 1 aromatic carbocycles. The molecule has 0 aliphatic carbocycles. The summed E-state index contributed by atoms with van der Waals surface area (Å²) in [6.07, 6.45) is -0.355. The van der Waals surface area contributed by atoms with Gasteiger partial charge in [0.2, 0.25) is 11.8 Å². The zero-order valence-electron chi connectivity index (χ0n) is 10.1. The van der Waals surface area contributed by atoms with Gasteiger partial charge in [0, 0.05) is 25.0 Å². The molecular weight excluding hydrogens is 269 g/mol. The number of carbonyl (C=O) groups is 2. The molecule has 0 spiro atoms. The lowest BCUT2D eigenvalue weighted by Crippen LogP contribution is -2.31. The molecule has 0 N–H and O–H groups in total. The van der Waals surface area contributed by atoms with Crippen molar-refractivity contribution in [3.8, 4) is 6.07 Å². The summed E-state index contributed by atoms with van der Waals surface area (Å²) in [5.41, 5.74) is -0.875. The van der Waals surface area contributed by atoms with Gasteiger partial charge in [-0.3, -0.25) is 19.7 Å². The Balaban J connectivity index is 2.44. The Labute approximate surface area is 112 Å². The van der Waals surface area contributed by atoms with E-state index in [9.17, 15) is 24.1 Å².